The number of hydrogen-bond donors (Lipinski definition) is 1. The number of rotatable bonds is 3. The van der Waals surface area contributed by atoms with Crippen LogP contribution in [0.15, 0.2) is 28.7 Å². The van der Waals surface area contributed by atoms with E-state index in [0.717, 1.165) is 10.3 Å². The zero-order valence-electron chi connectivity index (χ0n) is 11.4. The van der Waals surface area contributed by atoms with Gasteiger partial charge in [0.05, 0.1) is 0 Å². The summed E-state index contributed by atoms with van der Waals surface area (Å²) in [6, 6.07) is 8.15. The first-order valence-electron chi connectivity index (χ1n) is 6.21. The molecule has 1 aromatic heterocycles. The van der Waals surface area contributed by atoms with Crippen LogP contribution in [0.4, 0.5) is 0 Å². The predicted molar refractivity (Wildman–Crippen MR) is 77.9 cm³/mol. The summed E-state index contributed by atoms with van der Waals surface area (Å²) in [7, 11) is 0. The van der Waals surface area contributed by atoms with Crippen LogP contribution in [0.25, 0.3) is 0 Å². The third-order valence-electron chi connectivity index (χ3n) is 2.88. The number of nitrogens with zero attached hydrogens (tertiary/aromatic N) is 3. The van der Waals surface area contributed by atoms with Gasteiger partial charge in [-0.25, -0.2) is 0 Å². The Bertz CT molecular complexity index is 555. The van der Waals surface area contributed by atoms with E-state index in [-0.39, 0.29) is 12.1 Å². The van der Waals surface area contributed by atoms with Crippen molar-refractivity contribution in [1.29, 1.82) is 0 Å². The Balaban J connectivity index is 2.35. The molecule has 0 amide bonds. The summed E-state index contributed by atoms with van der Waals surface area (Å²) in [4.78, 5) is 0. The lowest BCUT2D eigenvalue weighted by Gasteiger charge is -2.24. The normalized spacial score (nSPS) is 11.8. The highest BCUT2D eigenvalue weighted by Gasteiger charge is 2.22. The van der Waals surface area contributed by atoms with Crippen molar-refractivity contribution in [2.75, 3.05) is 0 Å². The minimum Gasteiger partial charge on any atom is -0.388 e. The number of aliphatic hydroxyl groups is 1. The summed E-state index contributed by atoms with van der Waals surface area (Å²) < 4.78 is 3.07. The molecule has 0 spiro atoms. The highest BCUT2D eigenvalue weighted by Crippen LogP contribution is 2.21. The van der Waals surface area contributed by atoms with Gasteiger partial charge in [0.1, 0.15) is 12.4 Å². The minimum absolute atomic E-state index is 0.0927. The van der Waals surface area contributed by atoms with Crippen LogP contribution in [-0.4, -0.2) is 19.9 Å². The molecule has 4 nitrogen and oxygen atoms in total. The summed E-state index contributed by atoms with van der Waals surface area (Å²) in [5, 5.41) is 17.6. The van der Waals surface area contributed by atoms with E-state index in [1.807, 2.05) is 16.7 Å². The van der Waals surface area contributed by atoms with E-state index in [1.54, 1.807) is 0 Å². The summed E-state index contributed by atoms with van der Waals surface area (Å²) >= 11 is 3.43. The third kappa shape index (κ3) is 3.22. The molecule has 1 aromatic carbocycles. The summed E-state index contributed by atoms with van der Waals surface area (Å²) in [6.45, 7) is 6.16. The molecule has 1 heterocycles. The average Bonchev–Trinajstić information content (AvgIpc) is 2.75. The summed E-state index contributed by atoms with van der Waals surface area (Å²) in [6.07, 6.45) is 0.706. The molecule has 0 saturated heterocycles. The van der Waals surface area contributed by atoms with Crippen molar-refractivity contribution in [3.63, 3.8) is 0 Å². The van der Waals surface area contributed by atoms with Crippen molar-refractivity contribution in [1.82, 2.24) is 14.8 Å². The molecule has 0 unspecified atom stereocenters. The highest BCUT2D eigenvalue weighted by atomic mass is 79.9. The predicted octanol–water partition coefficient (Wildman–Crippen LogP) is 2.88. The Labute approximate surface area is 121 Å². The molecule has 5 heteroatoms. The lowest BCUT2D eigenvalue weighted by Crippen LogP contribution is -2.26. The average molecular weight is 324 g/mol. The molecule has 102 valence electrons. The maximum absolute atomic E-state index is 9.37. The highest BCUT2D eigenvalue weighted by molar-refractivity contribution is 9.10. The second kappa shape index (κ2) is 5.43. The lowest BCUT2D eigenvalue weighted by atomic mass is 10.1. The van der Waals surface area contributed by atoms with Crippen LogP contribution in [0.5, 0.6) is 0 Å². The molecular formula is C14H18BrN3O. The second-order valence-corrected chi connectivity index (χ2v) is 6.42. The molecule has 19 heavy (non-hydrogen) atoms. The molecule has 0 aliphatic carbocycles. The van der Waals surface area contributed by atoms with Crippen LogP contribution >= 0.6 is 15.9 Å². The number of hydrogen-bond acceptors (Lipinski definition) is 3. The van der Waals surface area contributed by atoms with Crippen molar-refractivity contribution >= 4 is 15.9 Å². The van der Waals surface area contributed by atoms with E-state index in [4.69, 9.17) is 0 Å². The van der Waals surface area contributed by atoms with Gasteiger partial charge in [0.15, 0.2) is 5.82 Å². The Morgan fingerprint density at radius 2 is 1.68 bits per heavy atom. The fraction of sp³-hybridized carbons (Fsp3) is 0.429. The number of aliphatic hydroxyl groups excluding tert-OH is 1. The molecule has 0 atom stereocenters. The van der Waals surface area contributed by atoms with E-state index in [9.17, 15) is 5.11 Å². The van der Waals surface area contributed by atoms with E-state index >= 15 is 0 Å². The fourth-order valence-corrected chi connectivity index (χ4v) is 2.39. The standard InChI is InChI=1S/C14H18BrN3O/c1-14(2,3)18-12(16-17-13(18)9-19)8-10-4-6-11(15)7-5-10/h4-7,19H,8-9H2,1-3H3. The van der Waals surface area contributed by atoms with Crippen molar-refractivity contribution < 1.29 is 5.11 Å². The summed E-state index contributed by atoms with van der Waals surface area (Å²) in [5.74, 6) is 1.48. The van der Waals surface area contributed by atoms with E-state index < -0.39 is 0 Å². The quantitative estimate of drug-likeness (QED) is 0.944. The number of benzene rings is 1. The van der Waals surface area contributed by atoms with Gasteiger partial charge in [0, 0.05) is 16.4 Å². The molecule has 2 aromatic rings. The van der Waals surface area contributed by atoms with E-state index in [0.29, 0.717) is 12.2 Å². The van der Waals surface area contributed by atoms with Crippen LogP contribution in [-0.2, 0) is 18.6 Å². The van der Waals surface area contributed by atoms with Crippen LogP contribution in [0.1, 0.15) is 38.0 Å². The van der Waals surface area contributed by atoms with E-state index in [1.165, 1.54) is 5.56 Å². The minimum atomic E-state index is -0.147. The zero-order valence-corrected chi connectivity index (χ0v) is 13.0. The Morgan fingerprint density at radius 1 is 1.11 bits per heavy atom. The van der Waals surface area contributed by atoms with Crippen LogP contribution < -0.4 is 0 Å². The summed E-state index contributed by atoms with van der Waals surface area (Å²) in [5.41, 5.74) is 1.03. The zero-order chi connectivity index (χ0) is 14.0. The monoisotopic (exact) mass is 323 g/mol. The Hall–Kier alpha value is -1.20. The molecular weight excluding hydrogens is 306 g/mol. The Morgan fingerprint density at radius 3 is 2.21 bits per heavy atom. The van der Waals surface area contributed by atoms with Crippen molar-refractivity contribution in [3.05, 3.63) is 46.0 Å². The molecule has 0 aliphatic heterocycles. The van der Waals surface area contributed by atoms with Gasteiger partial charge in [0.25, 0.3) is 0 Å². The topological polar surface area (TPSA) is 50.9 Å². The molecule has 2 rings (SSSR count). The fourth-order valence-electron chi connectivity index (χ4n) is 2.13. The molecule has 0 aliphatic rings. The lowest BCUT2D eigenvalue weighted by molar-refractivity contribution is 0.248. The SMILES string of the molecule is CC(C)(C)n1c(CO)nnc1Cc1ccc(Br)cc1. The second-order valence-electron chi connectivity index (χ2n) is 5.50. The van der Waals surface area contributed by atoms with Crippen molar-refractivity contribution in [2.24, 2.45) is 0 Å². The van der Waals surface area contributed by atoms with Gasteiger partial charge in [-0.2, -0.15) is 0 Å². The van der Waals surface area contributed by atoms with Crippen LogP contribution in [0, 0.1) is 0 Å². The maximum atomic E-state index is 9.37. The maximum Gasteiger partial charge on any atom is 0.159 e. The van der Waals surface area contributed by atoms with Gasteiger partial charge in [-0.05, 0) is 38.5 Å². The van der Waals surface area contributed by atoms with Gasteiger partial charge < -0.3 is 9.67 Å². The number of aromatic nitrogens is 3. The molecule has 0 radical (unpaired) electrons. The first-order valence-corrected chi connectivity index (χ1v) is 7.00. The molecule has 0 fully saturated rings. The van der Waals surface area contributed by atoms with Crippen molar-refractivity contribution in [3.8, 4) is 0 Å². The largest absolute Gasteiger partial charge is 0.388 e. The van der Waals surface area contributed by atoms with Crippen LogP contribution in [0.2, 0.25) is 0 Å². The molecule has 1 N–H and O–H groups in total. The first-order chi connectivity index (χ1) is 8.91. The van der Waals surface area contributed by atoms with E-state index in [2.05, 4.69) is 59.0 Å². The van der Waals surface area contributed by atoms with Crippen LogP contribution in [0.3, 0.4) is 0 Å². The van der Waals surface area contributed by atoms with Gasteiger partial charge in [-0.3, -0.25) is 0 Å². The van der Waals surface area contributed by atoms with Crippen molar-refractivity contribution in [2.45, 2.75) is 39.3 Å². The first kappa shape index (κ1) is 14.2. The number of halogens is 1. The Kier molecular flexibility index (Phi) is 4.06. The smallest absolute Gasteiger partial charge is 0.159 e. The van der Waals surface area contributed by atoms with Gasteiger partial charge in [-0.15, -0.1) is 10.2 Å². The third-order valence-corrected chi connectivity index (χ3v) is 3.41. The van der Waals surface area contributed by atoms with Gasteiger partial charge in [0.2, 0.25) is 0 Å². The van der Waals surface area contributed by atoms with Gasteiger partial charge >= 0.3 is 0 Å². The van der Waals surface area contributed by atoms with Gasteiger partial charge in [-0.1, -0.05) is 28.1 Å². The molecule has 0 saturated carbocycles. The molecule has 0 bridgehead atoms.